The van der Waals surface area contributed by atoms with Gasteiger partial charge in [0.05, 0.1) is 11.0 Å². The Morgan fingerprint density at radius 3 is 1.59 bits per heavy atom. The molecule has 0 fully saturated rings. The van der Waals surface area contributed by atoms with E-state index in [1.54, 1.807) is 0 Å². The van der Waals surface area contributed by atoms with E-state index in [4.69, 9.17) is 0 Å². The molecule has 0 unspecified atom stereocenters. The predicted molar refractivity (Wildman–Crippen MR) is 173 cm³/mol. The van der Waals surface area contributed by atoms with Crippen molar-refractivity contribution in [3.63, 3.8) is 0 Å². The van der Waals surface area contributed by atoms with Crippen LogP contribution in [0.25, 0.3) is 81.8 Å². The van der Waals surface area contributed by atoms with Crippen molar-refractivity contribution < 1.29 is 0 Å². The zero-order chi connectivity index (χ0) is 27.1. The third-order valence-electron chi connectivity index (χ3n) is 8.71. The molecule has 41 heavy (non-hydrogen) atoms. The fourth-order valence-corrected chi connectivity index (χ4v) is 6.87. The number of hydrogen-bond acceptors (Lipinski definition) is 1. The van der Waals surface area contributed by atoms with Crippen LogP contribution < -0.4 is 5.56 Å². The minimum Gasteiger partial charge on any atom is -0.275 e. The van der Waals surface area contributed by atoms with Crippen LogP contribution in [0.5, 0.6) is 0 Å². The molecule has 2 heterocycles. The Bertz CT molecular complexity index is 2540. The van der Waals surface area contributed by atoms with E-state index in [9.17, 15) is 4.79 Å². The molecular formula is C39H23NO. The summed E-state index contributed by atoms with van der Waals surface area (Å²) in [6, 6.07) is 49.2. The van der Waals surface area contributed by atoms with Gasteiger partial charge in [0.1, 0.15) is 0 Å². The minimum atomic E-state index is 0.0314. The molecule has 0 amide bonds. The first-order valence-corrected chi connectivity index (χ1v) is 14.0. The van der Waals surface area contributed by atoms with Gasteiger partial charge in [0.25, 0.3) is 5.56 Å². The Balaban J connectivity index is 1.46. The van der Waals surface area contributed by atoms with Gasteiger partial charge < -0.3 is 0 Å². The molecule has 0 saturated carbocycles. The van der Waals surface area contributed by atoms with Crippen LogP contribution in [-0.2, 0) is 0 Å². The molecule has 0 atom stereocenters. The quantitative estimate of drug-likeness (QED) is 0.207. The van der Waals surface area contributed by atoms with Gasteiger partial charge in [-0.05, 0) is 79.5 Å². The van der Waals surface area contributed by atoms with Crippen LogP contribution in [0.1, 0.15) is 0 Å². The number of rotatable bonds is 2. The predicted octanol–water partition coefficient (Wildman–Crippen LogP) is 9.84. The van der Waals surface area contributed by atoms with E-state index in [0.29, 0.717) is 0 Å². The number of aromatic nitrogens is 1. The topological polar surface area (TPSA) is 21.5 Å². The van der Waals surface area contributed by atoms with Crippen molar-refractivity contribution in [2.45, 2.75) is 0 Å². The van der Waals surface area contributed by atoms with Gasteiger partial charge in [0, 0.05) is 21.5 Å². The van der Waals surface area contributed by atoms with Crippen molar-refractivity contribution in [2.24, 2.45) is 0 Å². The van der Waals surface area contributed by atoms with Crippen LogP contribution in [-0.4, -0.2) is 4.40 Å². The van der Waals surface area contributed by atoms with Crippen molar-refractivity contribution in [1.29, 1.82) is 0 Å². The average molecular weight is 522 g/mol. The second-order valence-corrected chi connectivity index (χ2v) is 10.9. The standard InChI is InChI=1S/C39H23NO/c41-39-33-16-6-5-15-32(33)35-22-27(31-18-8-12-25-10-2-4-14-29(25)31)23-36-34-21-26(19-20-37(34)40(39)38(35)36)30-17-7-11-24-9-1-3-13-28(24)30/h1-23H. The maximum absolute atomic E-state index is 14.0. The fourth-order valence-electron chi connectivity index (χ4n) is 6.87. The van der Waals surface area contributed by atoms with E-state index in [0.717, 1.165) is 49.1 Å². The van der Waals surface area contributed by atoms with Crippen LogP contribution in [0.2, 0.25) is 0 Å². The van der Waals surface area contributed by atoms with Gasteiger partial charge in [-0.3, -0.25) is 9.20 Å². The average Bonchev–Trinajstić information content (AvgIpc) is 3.37. The van der Waals surface area contributed by atoms with Crippen LogP contribution in [0.15, 0.2) is 144 Å². The van der Waals surface area contributed by atoms with Gasteiger partial charge in [-0.2, -0.15) is 0 Å². The Morgan fingerprint density at radius 1 is 0.390 bits per heavy atom. The van der Waals surface area contributed by atoms with E-state index >= 15 is 0 Å². The van der Waals surface area contributed by atoms with E-state index in [1.807, 2.05) is 22.6 Å². The smallest absolute Gasteiger partial charge is 0.263 e. The Hall–Kier alpha value is -5.47. The van der Waals surface area contributed by atoms with Gasteiger partial charge >= 0.3 is 0 Å². The van der Waals surface area contributed by atoms with Gasteiger partial charge in [-0.25, -0.2) is 0 Å². The summed E-state index contributed by atoms with van der Waals surface area (Å²) in [5.74, 6) is 0. The number of benzene rings is 7. The third-order valence-corrected chi connectivity index (χ3v) is 8.71. The highest BCUT2D eigenvalue weighted by molar-refractivity contribution is 6.22. The summed E-state index contributed by atoms with van der Waals surface area (Å²) < 4.78 is 1.93. The van der Waals surface area contributed by atoms with Crippen molar-refractivity contribution in [3.05, 3.63) is 150 Å². The lowest BCUT2D eigenvalue weighted by Crippen LogP contribution is -2.12. The molecule has 7 aromatic carbocycles. The normalized spacial score (nSPS) is 12.0. The van der Waals surface area contributed by atoms with Crippen molar-refractivity contribution in [1.82, 2.24) is 4.40 Å². The molecule has 0 bridgehead atoms. The molecule has 2 aromatic heterocycles. The molecule has 9 aromatic rings. The van der Waals surface area contributed by atoms with Gasteiger partial charge in [-0.1, -0.05) is 109 Å². The lowest BCUT2D eigenvalue weighted by atomic mass is 9.93. The highest BCUT2D eigenvalue weighted by Gasteiger charge is 2.20. The summed E-state index contributed by atoms with van der Waals surface area (Å²) in [6.45, 7) is 0. The molecule has 0 aliphatic rings. The van der Waals surface area contributed by atoms with Crippen LogP contribution in [0.4, 0.5) is 0 Å². The van der Waals surface area contributed by atoms with E-state index in [2.05, 4.69) is 121 Å². The Labute approximate surface area is 235 Å². The van der Waals surface area contributed by atoms with Crippen molar-refractivity contribution in [3.8, 4) is 22.3 Å². The number of hydrogen-bond donors (Lipinski definition) is 0. The first kappa shape index (κ1) is 22.4. The maximum Gasteiger partial charge on any atom is 0.263 e. The van der Waals surface area contributed by atoms with E-state index < -0.39 is 0 Å². The van der Waals surface area contributed by atoms with Crippen molar-refractivity contribution >= 4 is 59.5 Å². The fraction of sp³-hybridized carbons (Fsp3) is 0. The monoisotopic (exact) mass is 521 g/mol. The molecule has 0 saturated heterocycles. The van der Waals surface area contributed by atoms with Gasteiger partial charge in [0.15, 0.2) is 0 Å². The summed E-state index contributed by atoms with van der Waals surface area (Å²) >= 11 is 0. The summed E-state index contributed by atoms with van der Waals surface area (Å²) in [7, 11) is 0. The highest BCUT2D eigenvalue weighted by atomic mass is 16.1. The highest BCUT2D eigenvalue weighted by Crippen LogP contribution is 2.41. The summed E-state index contributed by atoms with van der Waals surface area (Å²) in [4.78, 5) is 14.0. The second kappa shape index (κ2) is 8.27. The Morgan fingerprint density at radius 2 is 0.902 bits per heavy atom. The van der Waals surface area contributed by atoms with Gasteiger partial charge in [0.2, 0.25) is 0 Å². The van der Waals surface area contributed by atoms with Crippen LogP contribution >= 0.6 is 0 Å². The lowest BCUT2D eigenvalue weighted by Gasteiger charge is -2.11. The summed E-state index contributed by atoms with van der Waals surface area (Å²) in [5.41, 5.74) is 6.66. The summed E-state index contributed by atoms with van der Waals surface area (Å²) in [6.07, 6.45) is 0. The molecule has 0 spiro atoms. The van der Waals surface area contributed by atoms with Crippen LogP contribution in [0, 0.1) is 0 Å². The summed E-state index contributed by atoms with van der Waals surface area (Å²) in [5, 5.41) is 9.92. The molecule has 2 heteroatoms. The lowest BCUT2D eigenvalue weighted by molar-refractivity contribution is 1.21. The molecule has 190 valence electrons. The Kier molecular flexibility index (Phi) is 4.51. The maximum atomic E-state index is 14.0. The first-order valence-electron chi connectivity index (χ1n) is 14.0. The molecule has 2 nitrogen and oxygen atoms in total. The molecule has 0 aliphatic heterocycles. The molecular weight excluding hydrogens is 498 g/mol. The zero-order valence-corrected chi connectivity index (χ0v) is 22.1. The largest absolute Gasteiger partial charge is 0.275 e. The molecule has 0 N–H and O–H groups in total. The SMILES string of the molecule is O=c1c2ccccc2c2cc(-c3cccc4ccccc34)cc3c4cc(-c5cccc6ccccc56)ccc4n1c23. The molecule has 9 rings (SSSR count). The zero-order valence-electron chi connectivity index (χ0n) is 22.1. The number of fused-ring (bicyclic) bond motifs is 7. The van der Waals surface area contributed by atoms with E-state index in [-0.39, 0.29) is 5.56 Å². The first-order chi connectivity index (χ1) is 20.3. The number of pyridine rings is 1. The number of nitrogens with zero attached hydrogens (tertiary/aromatic N) is 1. The van der Waals surface area contributed by atoms with E-state index in [1.165, 1.54) is 32.7 Å². The van der Waals surface area contributed by atoms with Crippen molar-refractivity contribution in [2.75, 3.05) is 0 Å². The second-order valence-electron chi connectivity index (χ2n) is 10.9. The minimum absolute atomic E-state index is 0.0314. The third kappa shape index (κ3) is 3.10. The molecule has 0 aliphatic carbocycles. The van der Waals surface area contributed by atoms with Gasteiger partial charge in [-0.15, -0.1) is 0 Å². The molecule has 0 radical (unpaired) electrons. The van der Waals surface area contributed by atoms with Crippen LogP contribution in [0.3, 0.4) is 0 Å².